The number of hydrogen-bond donors (Lipinski definition) is 3. The molecule has 0 bridgehead atoms. The summed E-state index contributed by atoms with van der Waals surface area (Å²) < 4.78 is 4.92. The lowest BCUT2D eigenvalue weighted by molar-refractivity contribution is -0.148. The van der Waals surface area contributed by atoms with Crippen molar-refractivity contribution in [3.8, 4) is 0 Å². The van der Waals surface area contributed by atoms with E-state index >= 15 is 0 Å². The van der Waals surface area contributed by atoms with E-state index in [1.807, 2.05) is 13.8 Å². The van der Waals surface area contributed by atoms with E-state index < -0.39 is 30.6 Å². The molecule has 6 nitrogen and oxygen atoms in total. The number of ether oxygens (including phenoxy) is 1. The van der Waals surface area contributed by atoms with Crippen LogP contribution in [0.1, 0.15) is 20.8 Å². The quantitative estimate of drug-likeness (QED) is 0.510. The average molecular weight is 232 g/mol. The summed E-state index contributed by atoms with van der Waals surface area (Å²) in [5, 5.41) is 11.0. The standard InChI is InChI=1S/C10H20N2O4/c1-6(2)5-16-10(15)7(3)12-9(14)8(11)4-13/h6-8,13H,4-5,11H2,1-3H3,(H,12,14)/t7-,8-/m0/s1. The van der Waals surface area contributed by atoms with E-state index in [1.54, 1.807) is 0 Å². The first kappa shape index (κ1) is 14.9. The molecule has 0 aromatic rings. The zero-order chi connectivity index (χ0) is 12.7. The molecule has 0 unspecified atom stereocenters. The van der Waals surface area contributed by atoms with E-state index in [9.17, 15) is 9.59 Å². The smallest absolute Gasteiger partial charge is 0.328 e. The zero-order valence-electron chi connectivity index (χ0n) is 9.90. The Balaban J connectivity index is 4.00. The molecule has 0 aliphatic rings. The predicted molar refractivity (Wildman–Crippen MR) is 58.5 cm³/mol. The third-order valence-corrected chi connectivity index (χ3v) is 1.80. The number of aliphatic hydroxyl groups is 1. The second-order valence-electron chi connectivity index (χ2n) is 4.04. The van der Waals surface area contributed by atoms with Crippen LogP contribution in [-0.4, -0.2) is 42.3 Å². The number of nitrogens with two attached hydrogens (primary N) is 1. The molecule has 2 atom stereocenters. The maximum absolute atomic E-state index is 11.4. The van der Waals surface area contributed by atoms with Crippen LogP contribution in [0.3, 0.4) is 0 Å². The van der Waals surface area contributed by atoms with Crippen molar-refractivity contribution in [3.05, 3.63) is 0 Å². The minimum atomic E-state index is -1.01. The van der Waals surface area contributed by atoms with Gasteiger partial charge in [0.2, 0.25) is 5.91 Å². The van der Waals surface area contributed by atoms with Gasteiger partial charge in [-0.2, -0.15) is 0 Å². The van der Waals surface area contributed by atoms with Gasteiger partial charge in [0.05, 0.1) is 13.2 Å². The lowest BCUT2D eigenvalue weighted by Gasteiger charge is -2.16. The molecule has 94 valence electrons. The molecule has 16 heavy (non-hydrogen) atoms. The van der Waals surface area contributed by atoms with Gasteiger partial charge in [-0.25, -0.2) is 4.79 Å². The molecule has 0 aromatic heterocycles. The lowest BCUT2D eigenvalue weighted by atomic mass is 10.2. The van der Waals surface area contributed by atoms with E-state index in [1.165, 1.54) is 6.92 Å². The van der Waals surface area contributed by atoms with Crippen LogP contribution in [0.15, 0.2) is 0 Å². The van der Waals surface area contributed by atoms with Crippen molar-refractivity contribution in [1.29, 1.82) is 0 Å². The number of rotatable bonds is 6. The first-order valence-corrected chi connectivity index (χ1v) is 5.22. The van der Waals surface area contributed by atoms with Crippen LogP contribution < -0.4 is 11.1 Å². The number of carbonyl (C=O) groups excluding carboxylic acids is 2. The molecule has 0 saturated heterocycles. The second kappa shape index (κ2) is 7.19. The number of esters is 1. The summed E-state index contributed by atoms with van der Waals surface area (Å²) in [7, 11) is 0. The predicted octanol–water partition coefficient (Wildman–Crippen LogP) is -0.990. The van der Waals surface area contributed by atoms with Crippen molar-refractivity contribution in [2.75, 3.05) is 13.2 Å². The Labute approximate surface area is 95.1 Å². The van der Waals surface area contributed by atoms with E-state index in [0.29, 0.717) is 6.61 Å². The number of nitrogens with one attached hydrogen (secondary N) is 1. The first-order chi connectivity index (χ1) is 7.38. The normalized spacial score (nSPS) is 14.4. The van der Waals surface area contributed by atoms with Crippen LogP contribution in [-0.2, 0) is 14.3 Å². The van der Waals surface area contributed by atoms with Gasteiger partial charge in [-0.05, 0) is 12.8 Å². The molecule has 0 radical (unpaired) electrons. The molecule has 0 aliphatic carbocycles. The Kier molecular flexibility index (Phi) is 6.67. The van der Waals surface area contributed by atoms with Gasteiger partial charge in [0.1, 0.15) is 12.1 Å². The highest BCUT2D eigenvalue weighted by molar-refractivity contribution is 5.87. The Morgan fingerprint density at radius 1 is 1.38 bits per heavy atom. The fourth-order valence-corrected chi connectivity index (χ4v) is 0.836. The van der Waals surface area contributed by atoms with Gasteiger partial charge in [-0.15, -0.1) is 0 Å². The molecule has 6 heteroatoms. The van der Waals surface area contributed by atoms with Crippen molar-refractivity contribution in [1.82, 2.24) is 5.32 Å². The topological polar surface area (TPSA) is 102 Å². The summed E-state index contributed by atoms with van der Waals surface area (Å²) in [6.07, 6.45) is 0. The third-order valence-electron chi connectivity index (χ3n) is 1.80. The lowest BCUT2D eigenvalue weighted by Crippen LogP contribution is -2.49. The Bertz CT molecular complexity index is 243. The fraction of sp³-hybridized carbons (Fsp3) is 0.800. The molecular weight excluding hydrogens is 212 g/mol. The second-order valence-corrected chi connectivity index (χ2v) is 4.04. The van der Waals surface area contributed by atoms with Gasteiger partial charge in [-0.1, -0.05) is 13.8 Å². The van der Waals surface area contributed by atoms with Crippen molar-refractivity contribution >= 4 is 11.9 Å². The van der Waals surface area contributed by atoms with E-state index in [2.05, 4.69) is 5.32 Å². The van der Waals surface area contributed by atoms with Crippen LogP contribution >= 0.6 is 0 Å². The molecule has 4 N–H and O–H groups in total. The average Bonchev–Trinajstić information content (AvgIpc) is 2.24. The summed E-state index contributed by atoms with van der Waals surface area (Å²) in [5.74, 6) is -0.838. The van der Waals surface area contributed by atoms with Gasteiger partial charge < -0.3 is 20.9 Å². The number of amides is 1. The highest BCUT2D eigenvalue weighted by Crippen LogP contribution is 1.96. The first-order valence-electron chi connectivity index (χ1n) is 5.22. The van der Waals surface area contributed by atoms with E-state index in [4.69, 9.17) is 15.6 Å². The van der Waals surface area contributed by atoms with Gasteiger partial charge in [-0.3, -0.25) is 4.79 Å². The van der Waals surface area contributed by atoms with Gasteiger partial charge in [0, 0.05) is 0 Å². The summed E-state index contributed by atoms with van der Waals surface area (Å²) >= 11 is 0. The Morgan fingerprint density at radius 3 is 2.38 bits per heavy atom. The number of aliphatic hydroxyl groups excluding tert-OH is 1. The van der Waals surface area contributed by atoms with Gasteiger partial charge >= 0.3 is 5.97 Å². The third kappa shape index (κ3) is 5.67. The van der Waals surface area contributed by atoms with Crippen LogP contribution in [0.5, 0.6) is 0 Å². The highest BCUT2D eigenvalue weighted by Gasteiger charge is 2.20. The summed E-state index contributed by atoms with van der Waals surface area (Å²) in [6.45, 7) is 5.19. The van der Waals surface area contributed by atoms with Crippen LogP contribution in [0.2, 0.25) is 0 Å². The van der Waals surface area contributed by atoms with Gasteiger partial charge in [0.25, 0.3) is 0 Å². The number of hydrogen-bond acceptors (Lipinski definition) is 5. The maximum Gasteiger partial charge on any atom is 0.328 e. The van der Waals surface area contributed by atoms with Crippen molar-refractivity contribution in [2.24, 2.45) is 11.7 Å². The Hall–Kier alpha value is -1.14. The maximum atomic E-state index is 11.4. The van der Waals surface area contributed by atoms with E-state index in [0.717, 1.165) is 0 Å². The van der Waals surface area contributed by atoms with Crippen LogP contribution in [0.25, 0.3) is 0 Å². The van der Waals surface area contributed by atoms with Crippen molar-refractivity contribution < 1.29 is 19.4 Å². The SMILES string of the molecule is CC(C)COC(=O)[C@H](C)NC(=O)[C@@H](N)CO. The summed E-state index contributed by atoms with van der Waals surface area (Å²) in [5.41, 5.74) is 5.27. The largest absolute Gasteiger partial charge is 0.464 e. The molecule has 0 fully saturated rings. The minimum absolute atomic E-state index is 0.242. The van der Waals surface area contributed by atoms with Crippen molar-refractivity contribution in [3.63, 3.8) is 0 Å². The summed E-state index contributed by atoms with van der Waals surface area (Å²) in [6, 6.07) is -1.77. The molecule has 1 amide bonds. The molecule has 0 rings (SSSR count). The Morgan fingerprint density at radius 2 is 1.94 bits per heavy atom. The highest BCUT2D eigenvalue weighted by atomic mass is 16.5. The molecule has 0 aliphatic heterocycles. The van der Waals surface area contributed by atoms with Crippen LogP contribution in [0.4, 0.5) is 0 Å². The zero-order valence-corrected chi connectivity index (χ0v) is 9.90. The summed E-state index contributed by atoms with van der Waals surface area (Å²) in [4.78, 5) is 22.6. The van der Waals surface area contributed by atoms with Gasteiger partial charge in [0.15, 0.2) is 0 Å². The molecular formula is C10H20N2O4. The fourth-order valence-electron chi connectivity index (χ4n) is 0.836. The number of carbonyl (C=O) groups is 2. The van der Waals surface area contributed by atoms with Crippen LogP contribution in [0, 0.1) is 5.92 Å². The van der Waals surface area contributed by atoms with E-state index in [-0.39, 0.29) is 5.92 Å². The monoisotopic (exact) mass is 232 g/mol. The molecule has 0 aromatic carbocycles. The molecule has 0 heterocycles. The molecule has 0 saturated carbocycles. The van der Waals surface area contributed by atoms with Crippen molar-refractivity contribution in [2.45, 2.75) is 32.9 Å². The molecule has 0 spiro atoms. The minimum Gasteiger partial charge on any atom is -0.464 e.